The van der Waals surface area contributed by atoms with Gasteiger partial charge >= 0.3 is 0 Å². The predicted molar refractivity (Wildman–Crippen MR) is 74.9 cm³/mol. The molecular formula is C15H22N2O2. The average molecular weight is 262 g/mol. The van der Waals surface area contributed by atoms with E-state index in [1.54, 1.807) is 7.11 Å². The first-order valence-corrected chi connectivity index (χ1v) is 6.88. The fraction of sp³-hybridized carbons (Fsp3) is 0.533. The van der Waals surface area contributed by atoms with Gasteiger partial charge < -0.3 is 15.4 Å². The van der Waals surface area contributed by atoms with Crippen LogP contribution in [0.15, 0.2) is 24.3 Å². The van der Waals surface area contributed by atoms with E-state index in [4.69, 9.17) is 10.5 Å². The number of para-hydroxylation sites is 1. The highest BCUT2D eigenvalue weighted by Gasteiger charge is 2.33. The van der Waals surface area contributed by atoms with Gasteiger partial charge in [0.25, 0.3) is 0 Å². The summed E-state index contributed by atoms with van der Waals surface area (Å²) in [5, 5.41) is 0. The third-order valence-electron chi connectivity index (χ3n) is 3.79. The second kappa shape index (κ2) is 6.06. The summed E-state index contributed by atoms with van der Waals surface area (Å²) in [5.41, 5.74) is 6.97. The van der Waals surface area contributed by atoms with Crippen molar-refractivity contribution in [2.24, 2.45) is 5.73 Å². The van der Waals surface area contributed by atoms with Gasteiger partial charge in [-0.1, -0.05) is 25.1 Å². The SMILES string of the molecule is CC[C@@H](N)C(=O)N1CCC[C@@H]1c1ccccc1OC. The third kappa shape index (κ3) is 2.73. The van der Waals surface area contributed by atoms with Gasteiger partial charge in [-0.25, -0.2) is 0 Å². The molecule has 1 aromatic carbocycles. The molecule has 0 unspecified atom stereocenters. The highest BCUT2D eigenvalue weighted by atomic mass is 16.5. The maximum atomic E-state index is 12.3. The summed E-state index contributed by atoms with van der Waals surface area (Å²) in [7, 11) is 1.66. The molecule has 104 valence electrons. The monoisotopic (exact) mass is 262 g/mol. The standard InChI is InChI=1S/C15H22N2O2/c1-3-12(16)15(18)17-10-6-8-13(17)11-7-4-5-9-14(11)19-2/h4-5,7,9,12-13H,3,6,8,10,16H2,1-2H3/t12-,13-/m1/s1. The topological polar surface area (TPSA) is 55.6 Å². The van der Waals surface area contributed by atoms with Gasteiger partial charge in [0, 0.05) is 12.1 Å². The normalized spacial score (nSPS) is 20.4. The number of nitrogens with two attached hydrogens (primary N) is 1. The van der Waals surface area contributed by atoms with Crippen molar-refractivity contribution in [1.29, 1.82) is 0 Å². The van der Waals surface area contributed by atoms with E-state index in [1.807, 2.05) is 36.1 Å². The molecule has 1 fully saturated rings. The van der Waals surface area contributed by atoms with Crippen LogP contribution in [-0.2, 0) is 4.79 Å². The molecule has 0 radical (unpaired) electrons. The highest BCUT2D eigenvalue weighted by molar-refractivity contribution is 5.82. The van der Waals surface area contributed by atoms with Crippen molar-refractivity contribution in [3.8, 4) is 5.75 Å². The lowest BCUT2D eigenvalue weighted by atomic mass is 10.0. The lowest BCUT2D eigenvalue weighted by Crippen LogP contribution is -2.43. The van der Waals surface area contributed by atoms with Crippen molar-refractivity contribution < 1.29 is 9.53 Å². The molecule has 4 heteroatoms. The minimum Gasteiger partial charge on any atom is -0.496 e. The Morgan fingerprint density at radius 2 is 2.26 bits per heavy atom. The molecule has 1 aliphatic rings. The van der Waals surface area contributed by atoms with E-state index in [9.17, 15) is 4.79 Å². The highest BCUT2D eigenvalue weighted by Crippen LogP contribution is 2.37. The molecule has 2 N–H and O–H groups in total. The third-order valence-corrected chi connectivity index (χ3v) is 3.79. The lowest BCUT2D eigenvalue weighted by Gasteiger charge is -2.28. The van der Waals surface area contributed by atoms with Crippen molar-refractivity contribution in [3.05, 3.63) is 29.8 Å². The molecule has 1 heterocycles. The first-order valence-electron chi connectivity index (χ1n) is 6.88. The number of likely N-dealkylation sites (tertiary alicyclic amines) is 1. The Morgan fingerprint density at radius 1 is 1.53 bits per heavy atom. The number of carbonyl (C=O) groups excluding carboxylic acids is 1. The van der Waals surface area contributed by atoms with Crippen molar-refractivity contribution in [1.82, 2.24) is 4.90 Å². The van der Waals surface area contributed by atoms with Crippen LogP contribution < -0.4 is 10.5 Å². The summed E-state index contributed by atoms with van der Waals surface area (Å²) in [6.45, 7) is 2.73. The van der Waals surface area contributed by atoms with E-state index in [1.165, 1.54) is 0 Å². The van der Waals surface area contributed by atoms with Crippen LogP contribution in [0.5, 0.6) is 5.75 Å². The lowest BCUT2D eigenvalue weighted by molar-refractivity contribution is -0.133. The molecule has 0 spiro atoms. The summed E-state index contributed by atoms with van der Waals surface area (Å²) < 4.78 is 5.40. The first kappa shape index (κ1) is 13.9. The predicted octanol–water partition coefficient (Wildman–Crippen LogP) is 2.10. The van der Waals surface area contributed by atoms with Gasteiger partial charge in [0.2, 0.25) is 5.91 Å². The molecule has 1 aromatic rings. The van der Waals surface area contributed by atoms with Gasteiger partial charge in [0.05, 0.1) is 19.2 Å². The molecule has 0 saturated carbocycles. The fourth-order valence-electron chi connectivity index (χ4n) is 2.68. The first-order chi connectivity index (χ1) is 9.19. The Bertz CT molecular complexity index is 448. The Balaban J connectivity index is 2.25. The van der Waals surface area contributed by atoms with Crippen molar-refractivity contribution in [2.45, 2.75) is 38.3 Å². The van der Waals surface area contributed by atoms with Crippen LogP contribution in [0.4, 0.5) is 0 Å². The summed E-state index contributed by atoms with van der Waals surface area (Å²) in [4.78, 5) is 14.2. The fourth-order valence-corrected chi connectivity index (χ4v) is 2.68. The number of carbonyl (C=O) groups is 1. The smallest absolute Gasteiger partial charge is 0.239 e. The Labute approximate surface area is 114 Å². The number of amides is 1. The minimum atomic E-state index is -0.393. The van der Waals surface area contributed by atoms with Crippen LogP contribution in [0.25, 0.3) is 0 Å². The number of benzene rings is 1. The van der Waals surface area contributed by atoms with Crippen molar-refractivity contribution >= 4 is 5.91 Å². The van der Waals surface area contributed by atoms with Gasteiger partial charge in [0.1, 0.15) is 5.75 Å². The molecule has 0 aliphatic carbocycles. The molecule has 0 aromatic heterocycles. The largest absolute Gasteiger partial charge is 0.496 e. The molecule has 1 amide bonds. The molecule has 2 rings (SSSR count). The number of hydrogen-bond acceptors (Lipinski definition) is 3. The summed E-state index contributed by atoms with van der Waals surface area (Å²) in [6.07, 6.45) is 2.67. The number of hydrogen-bond donors (Lipinski definition) is 1. The molecule has 1 saturated heterocycles. The second-order valence-corrected chi connectivity index (χ2v) is 4.95. The van der Waals surface area contributed by atoms with Crippen LogP contribution in [0.2, 0.25) is 0 Å². The number of ether oxygens (including phenoxy) is 1. The maximum Gasteiger partial charge on any atom is 0.239 e. The zero-order valence-electron chi connectivity index (χ0n) is 11.6. The van der Waals surface area contributed by atoms with Gasteiger partial charge in [-0.3, -0.25) is 4.79 Å². The van der Waals surface area contributed by atoms with Crippen molar-refractivity contribution in [3.63, 3.8) is 0 Å². The van der Waals surface area contributed by atoms with Gasteiger partial charge in [-0.2, -0.15) is 0 Å². The Kier molecular flexibility index (Phi) is 4.43. The zero-order chi connectivity index (χ0) is 13.8. The van der Waals surface area contributed by atoms with Gasteiger partial charge in [-0.15, -0.1) is 0 Å². The summed E-state index contributed by atoms with van der Waals surface area (Å²) in [6, 6.07) is 7.61. The van der Waals surface area contributed by atoms with E-state index in [-0.39, 0.29) is 11.9 Å². The summed E-state index contributed by atoms with van der Waals surface area (Å²) >= 11 is 0. The van der Waals surface area contributed by atoms with Crippen LogP contribution in [0, 0.1) is 0 Å². The number of methoxy groups -OCH3 is 1. The van der Waals surface area contributed by atoms with Gasteiger partial charge in [-0.05, 0) is 25.3 Å². The second-order valence-electron chi connectivity index (χ2n) is 4.95. The van der Waals surface area contributed by atoms with E-state index >= 15 is 0 Å². The average Bonchev–Trinajstić information content (AvgIpc) is 2.94. The molecule has 0 bridgehead atoms. The summed E-state index contributed by atoms with van der Waals surface area (Å²) in [5.74, 6) is 0.896. The van der Waals surface area contributed by atoms with Crippen LogP contribution in [0.1, 0.15) is 37.8 Å². The van der Waals surface area contributed by atoms with Crippen LogP contribution >= 0.6 is 0 Å². The van der Waals surface area contributed by atoms with E-state index in [0.29, 0.717) is 6.42 Å². The zero-order valence-corrected chi connectivity index (χ0v) is 11.6. The molecule has 19 heavy (non-hydrogen) atoms. The Morgan fingerprint density at radius 3 is 2.95 bits per heavy atom. The number of rotatable bonds is 4. The van der Waals surface area contributed by atoms with E-state index in [0.717, 1.165) is 30.7 Å². The van der Waals surface area contributed by atoms with Crippen LogP contribution in [0.3, 0.4) is 0 Å². The van der Waals surface area contributed by atoms with E-state index in [2.05, 4.69) is 0 Å². The minimum absolute atomic E-state index is 0.0518. The van der Waals surface area contributed by atoms with Gasteiger partial charge in [0.15, 0.2) is 0 Å². The molecule has 2 atom stereocenters. The van der Waals surface area contributed by atoms with Crippen molar-refractivity contribution in [2.75, 3.05) is 13.7 Å². The van der Waals surface area contributed by atoms with Crippen LogP contribution in [-0.4, -0.2) is 30.5 Å². The van der Waals surface area contributed by atoms with E-state index < -0.39 is 6.04 Å². The molecular weight excluding hydrogens is 240 g/mol. The number of nitrogens with zero attached hydrogens (tertiary/aromatic N) is 1. The maximum absolute atomic E-state index is 12.3. The quantitative estimate of drug-likeness (QED) is 0.904. The molecule has 4 nitrogen and oxygen atoms in total. The molecule has 1 aliphatic heterocycles. The Hall–Kier alpha value is -1.55.